The molecule has 3 rings (SSSR count). The van der Waals surface area contributed by atoms with E-state index in [1.807, 2.05) is 0 Å². The van der Waals surface area contributed by atoms with Gasteiger partial charge in [-0.25, -0.2) is 16.8 Å². The van der Waals surface area contributed by atoms with Gasteiger partial charge in [0.25, 0.3) is 15.7 Å². The Hall–Kier alpha value is -4.37. The molecule has 0 radical (unpaired) electrons. The average molecular weight is 579 g/mol. The van der Waals surface area contributed by atoms with Crippen molar-refractivity contribution in [3.8, 4) is 11.5 Å². The number of methoxy groups -OCH3 is 2. The molecule has 13 nitrogen and oxygen atoms in total. The summed E-state index contributed by atoms with van der Waals surface area (Å²) in [6, 6.07) is 14.9. The molecule has 0 saturated carbocycles. The number of hydrogen-bond acceptors (Lipinski definition) is 9. The Balaban J connectivity index is 2.07. The predicted molar refractivity (Wildman–Crippen MR) is 145 cm³/mol. The third-order valence-corrected chi connectivity index (χ3v) is 8.58. The fourth-order valence-electron chi connectivity index (χ4n) is 3.54. The highest BCUT2D eigenvalue weighted by molar-refractivity contribution is 7.93. The lowest BCUT2D eigenvalue weighted by molar-refractivity contribution is -0.387. The molecule has 0 unspecified atom stereocenters. The van der Waals surface area contributed by atoms with Crippen molar-refractivity contribution in [1.29, 1.82) is 0 Å². The van der Waals surface area contributed by atoms with Crippen molar-refractivity contribution < 1.29 is 36.0 Å². The van der Waals surface area contributed by atoms with Gasteiger partial charge in [-0.15, -0.1) is 0 Å². The van der Waals surface area contributed by atoms with E-state index in [-0.39, 0.29) is 22.8 Å². The fraction of sp³-hybridized carbons (Fsp3) is 0.208. The van der Waals surface area contributed by atoms with Crippen LogP contribution >= 0.6 is 0 Å². The Bertz CT molecular complexity index is 1610. The lowest BCUT2D eigenvalue weighted by Crippen LogP contribution is -2.38. The maximum atomic E-state index is 13.8. The van der Waals surface area contributed by atoms with Crippen LogP contribution in [0, 0.1) is 10.1 Å². The molecule has 3 aromatic carbocycles. The van der Waals surface area contributed by atoms with Crippen molar-refractivity contribution in [1.82, 2.24) is 0 Å². The zero-order valence-corrected chi connectivity index (χ0v) is 23.0. The Morgan fingerprint density at radius 2 is 1.67 bits per heavy atom. The van der Waals surface area contributed by atoms with Crippen LogP contribution in [0.15, 0.2) is 71.6 Å². The number of anilines is 3. The van der Waals surface area contributed by atoms with Crippen LogP contribution in [-0.4, -0.2) is 61.7 Å². The topological polar surface area (TPSA) is 165 Å². The Morgan fingerprint density at radius 1 is 0.974 bits per heavy atom. The number of para-hydroxylation sites is 1. The summed E-state index contributed by atoms with van der Waals surface area (Å²) < 4.78 is 63.6. The standard InChI is InChI=1S/C24H26N4O9S2/c1-26(38(4,32)33)18-9-7-8-17(14-18)25-24(29)16-27(20-13-12-19(36-2)15-22(20)37-3)39(34,35)23-11-6-5-10-21(23)28(30)31/h5-15H,16H2,1-4H3,(H,25,29). The van der Waals surface area contributed by atoms with Crippen molar-refractivity contribution in [3.05, 3.63) is 76.8 Å². The summed E-state index contributed by atoms with van der Waals surface area (Å²) >= 11 is 0. The normalized spacial score (nSPS) is 11.4. The first-order valence-electron chi connectivity index (χ1n) is 11.1. The molecule has 0 aliphatic heterocycles. The lowest BCUT2D eigenvalue weighted by atomic mass is 10.2. The van der Waals surface area contributed by atoms with E-state index in [0.717, 1.165) is 22.7 Å². The molecule has 1 amide bonds. The zero-order valence-electron chi connectivity index (χ0n) is 21.4. The van der Waals surface area contributed by atoms with E-state index >= 15 is 0 Å². The Labute approximate surface area is 225 Å². The van der Waals surface area contributed by atoms with Gasteiger partial charge >= 0.3 is 0 Å². The van der Waals surface area contributed by atoms with Gasteiger partial charge in [-0.05, 0) is 36.4 Å². The van der Waals surface area contributed by atoms with Crippen LogP contribution in [0.4, 0.5) is 22.7 Å². The van der Waals surface area contributed by atoms with Gasteiger partial charge in [-0.1, -0.05) is 18.2 Å². The molecule has 15 heteroatoms. The monoisotopic (exact) mass is 578 g/mol. The van der Waals surface area contributed by atoms with E-state index in [1.165, 1.54) is 75.9 Å². The van der Waals surface area contributed by atoms with E-state index in [0.29, 0.717) is 10.1 Å². The SMILES string of the molecule is COc1ccc(N(CC(=O)Nc2cccc(N(C)S(C)(=O)=O)c2)S(=O)(=O)c2ccccc2[N+](=O)[O-])c(OC)c1. The van der Waals surface area contributed by atoms with Crippen molar-refractivity contribution in [3.63, 3.8) is 0 Å². The Kier molecular flexibility index (Phi) is 8.66. The summed E-state index contributed by atoms with van der Waals surface area (Å²) in [6.07, 6.45) is 1.02. The van der Waals surface area contributed by atoms with Crippen LogP contribution in [0.5, 0.6) is 11.5 Å². The first kappa shape index (κ1) is 29.2. The molecular weight excluding hydrogens is 552 g/mol. The molecule has 1 N–H and O–H groups in total. The second-order valence-corrected chi connectivity index (χ2v) is 11.9. The molecule has 0 fully saturated rings. The van der Waals surface area contributed by atoms with Gasteiger partial charge in [0.1, 0.15) is 18.0 Å². The van der Waals surface area contributed by atoms with Gasteiger partial charge in [0.15, 0.2) is 4.90 Å². The van der Waals surface area contributed by atoms with Crippen molar-refractivity contribution in [2.45, 2.75) is 4.90 Å². The zero-order chi connectivity index (χ0) is 29.0. The van der Waals surface area contributed by atoms with Gasteiger partial charge in [0.05, 0.1) is 36.8 Å². The number of sulfonamides is 2. The molecule has 0 heterocycles. The fourth-order valence-corrected chi connectivity index (χ4v) is 5.63. The summed E-state index contributed by atoms with van der Waals surface area (Å²) in [5, 5.41) is 14.2. The number of carbonyl (C=O) groups is 1. The number of hydrogen-bond donors (Lipinski definition) is 1. The molecular formula is C24H26N4O9S2. The summed E-state index contributed by atoms with van der Waals surface area (Å²) in [5.41, 5.74) is -0.293. The largest absolute Gasteiger partial charge is 0.497 e. The highest BCUT2D eigenvalue weighted by atomic mass is 32.2. The Morgan fingerprint density at radius 3 is 2.28 bits per heavy atom. The average Bonchev–Trinajstić information content (AvgIpc) is 2.90. The minimum atomic E-state index is -4.69. The molecule has 0 aromatic heterocycles. The smallest absolute Gasteiger partial charge is 0.289 e. The number of ether oxygens (including phenoxy) is 2. The van der Waals surface area contributed by atoms with Crippen LogP contribution in [0.25, 0.3) is 0 Å². The number of rotatable bonds is 11. The van der Waals surface area contributed by atoms with Crippen LogP contribution in [0.1, 0.15) is 0 Å². The first-order chi connectivity index (χ1) is 18.3. The molecule has 0 aliphatic rings. The van der Waals surface area contributed by atoms with Gasteiger partial charge in [0.2, 0.25) is 15.9 Å². The number of nitro groups is 1. The highest BCUT2D eigenvalue weighted by Gasteiger charge is 2.34. The third-order valence-electron chi connectivity index (χ3n) is 5.56. The number of benzene rings is 3. The first-order valence-corrected chi connectivity index (χ1v) is 14.4. The molecule has 0 bridgehead atoms. The number of nitro benzene ring substituents is 1. The predicted octanol–water partition coefficient (Wildman–Crippen LogP) is 2.84. The van der Waals surface area contributed by atoms with Crippen molar-refractivity contribution in [2.75, 3.05) is 48.0 Å². The molecule has 3 aromatic rings. The van der Waals surface area contributed by atoms with E-state index in [9.17, 15) is 31.7 Å². The summed E-state index contributed by atoms with van der Waals surface area (Å²) in [4.78, 5) is 23.3. The summed E-state index contributed by atoms with van der Waals surface area (Å²) in [7, 11) is -4.23. The van der Waals surface area contributed by atoms with Gasteiger partial charge < -0.3 is 14.8 Å². The molecule has 0 atom stereocenters. The summed E-state index contributed by atoms with van der Waals surface area (Å²) in [5.74, 6) is -0.440. The third kappa shape index (κ3) is 6.56. The van der Waals surface area contributed by atoms with Crippen LogP contribution in [-0.2, 0) is 24.8 Å². The second kappa shape index (κ2) is 11.6. The number of nitrogens with one attached hydrogen (secondary N) is 1. The van der Waals surface area contributed by atoms with Crippen molar-refractivity contribution in [2.24, 2.45) is 0 Å². The van der Waals surface area contributed by atoms with E-state index in [1.54, 1.807) is 0 Å². The number of amides is 1. The minimum absolute atomic E-state index is 0.0288. The molecule has 208 valence electrons. The summed E-state index contributed by atoms with van der Waals surface area (Å²) in [6.45, 7) is -0.802. The van der Waals surface area contributed by atoms with E-state index in [4.69, 9.17) is 9.47 Å². The highest BCUT2D eigenvalue weighted by Crippen LogP contribution is 2.37. The molecule has 0 saturated heterocycles. The van der Waals surface area contributed by atoms with Crippen LogP contribution in [0.2, 0.25) is 0 Å². The maximum absolute atomic E-state index is 13.8. The lowest BCUT2D eigenvalue weighted by Gasteiger charge is -2.26. The van der Waals surface area contributed by atoms with Crippen LogP contribution < -0.4 is 23.4 Å². The van der Waals surface area contributed by atoms with Gasteiger partial charge in [0, 0.05) is 24.9 Å². The van der Waals surface area contributed by atoms with Crippen LogP contribution in [0.3, 0.4) is 0 Å². The molecule has 0 aliphatic carbocycles. The van der Waals surface area contributed by atoms with E-state index < -0.39 is 48.0 Å². The van der Waals surface area contributed by atoms with Gasteiger partial charge in [-0.3, -0.25) is 23.5 Å². The number of nitrogens with zero attached hydrogens (tertiary/aromatic N) is 3. The minimum Gasteiger partial charge on any atom is -0.497 e. The maximum Gasteiger partial charge on any atom is 0.289 e. The van der Waals surface area contributed by atoms with Crippen molar-refractivity contribution >= 4 is 48.7 Å². The number of carbonyl (C=O) groups excluding carboxylic acids is 1. The molecule has 0 spiro atoms. The quantitative estimate of drug-likeness (QED) is 0.266. The van der Waals surface area contributed by atoms with E-state index in [2.05, 4.69) is 5.32 Å². The van der Waals surface area contributed by atoms with Gasteiger partial charge in [-0.2, -0.15) is 0 Å². The second-order valence-electron chi connectivity index (χ2n) is 8.10. The molecule has 39 heavy (non-hydrogen) atoms.